The fourth-order valence-electron chi connectivity index (χ4n) is 3.29. The normalized spacial score (nSPS) is 43.3. The molecule has 2 saturated heterocycles. The number of hydrogen-bond acceptors (Lipinski definition) is 3. The average Bonchev–Trinajstić information content (AvgIpc) is 2.86. The Bertz CT molecular complexity index is 192. The Morgan fingerprint density at radius 3 is 3.00 bits per heavy atom. The van der Waals surface area contributed by atoms with Crippen LogP contribution in [-0.4, -0.2) is 37.5 Å². The van der Waals surface area contributed by atoms with Crippen LogP contribution in [0, 0.1) is 11.3 Å². The first-order valence-corrected chi connectivity index (χ1v) is 5.75. The third-order valence-electron chi connectivity index (χ3n) is 4.26. The largest absolute Gasteiger partial charge is 0.395 e. The van der Waals surface area contributed by atoms with Crippen molar-refractivity contribution in [3.8, 4) is 0 Å². The monoisotopic (exact) mass is 199 g/mol. The summed E-state index contributed by atoms with van der Waals surface area (Å²) < 4.78 is 5.48. The molecule has 2 heterocycles. The van der Waals surface area contributed by atoms with Crippen molar-refractivity contribution < 1.29 is 9.84 Å². The zero-order valence-corrected chi connectivity index (χ0v) is 8.96. The number of hydrogen-bond donors (Lipinski definition) is 2. The Hall–Kier alpha value is -0.120. The lowest BCUT2D eigenvalue weighted by Gasteiger charge is -2.38. The van der Waals surface area contributed by atoms with E-state index in [2.05, 4.69) is 12.2 Å². The highest BCUT2D eigenvalue weighted by molar-refractivity contribution is 5.00. The SMILES string of the molecule is CCC1(C2CCOC2)CCNC1CO. The summed E-state index contributed by atoms with van der Waals surface area (Å²) in [5, 5.41) is 12.8. The summed E-state index contributed by atoms with van der Waals surface area (Å²) in [5.41, 5.74) is 0.297. The number of aliphatic hydroxyl groups excluding tert-OH is 1. The molecule has 2 N–H and O–H groups in total. The van der Waals surface area contributed by atoms with Gasteiger partial charge in [0.25, 0.3) is 0 Å². The molecule has 0 saturated carbocycles. The summed E-state index contributed by atoms with van der Waals surface area (Å²) in [6, 6.07) is 0.291. The third kappa shape index (κ3) is 1.47. The van der Waals surface area contributed by atoms with Crippen LogP contribution < -0.4 is 5.32 Å². The summed E-state index contributed by atoms with van der Waals surface area (Å²) in [4.78, 5) is 0. The van der Waals surface area contributed by atoms with Gasteiger partial charge in [-0.15, -0.1) is 0 Å². The average molecular weight is 199 g/mol. The summed E-state index contributed by atoms with van der Waals surface area (Å²) in [5.74, 6) is 0.652. The van der Waals surface area contributed by atoms with E-state index in [4.69, 9.17) is 4.74 Å². The van der Waals surface area contributed by atoms with Gasteiger partial charge in [0.1, 0.15) is 0 Å². The minimum absolute atomic E-state index is 0.268. The molecule has 3 nitrogen and oxygen atoms in total. The molecule has 2 fully saturated rings. The lowest BCUT2D eigenvalue weighted by molar-refractivity contribution is 0.0729. The van der Waals surface area contributed by atoms with Crippen LogP contribution in [0.25, 0.3) is 0 Å². The van der Waals surface area contributed by atoms with Gasteiger partial charge in [-0.1, -0.05) is 6.92 Å². The second-order valence-corrected chi connectivity index (χ2v) is 4.59. The highest BCUT2D eigenvalue weighted by Gasteiger charge is 2.47. The van der Waals surface area contributed by atoms with E-state index in [9.17, 15) is 5.11 Å². The quantitative estimate of drug-likeness (QED) is 0.705. The van der Waals surface area contributed by atoms with Crippen molar-refractivity contribution >= 4 is 0 Å². The van der Waals surface area contributed by atoms with Gasteiger partial charge in [-0.25, -0.2) is 0 Å². The topological polar surface area (TPSA) is 41.5 Å². The van der Waals surface area contributed by atoms with Crippen LogP contribution in [0.4, 0.5) is 0 Å². The van der Waals surface area contributed by atoms with Gasteiger partial charge in [-0.3, -0.25) is 0 Å². The van der Waals surface area contributed by atoms with Crippen LogP contribution in [0.5, 0.6) is 0 Å². The Labute approximate surface area is 85.8 Å². The maximum absolute atomic E-state index is 9.39. The summed E-state index contributed by atoms with van der Waals surface area (Å²) in [6.07, 6.45) is 3.52. The van der Waals surface area contributed by atoms with Gasteiger partial charge in [0, 0.05) is 12.6 Å². The predicted octanol–water partition coefficient (Wildman–Crippen LogP) is 0.774. The molecular weight excluding hydrogens is 178 g/mol. The van der Waals surface area contributed by atoms with Crippen molar-refractivity contribution in [3.05, 3.63) is 0 Å². The molecule has 0 aromatic rings. The minimum Gasteiger partial charge on any atom is -0.395 e. The summed E-state index contributed by atoms with van der Waals surface area (Å²) in [6.45, 7) is 5.37. The molecule has 0 radical (unpaired) electrons. The molecule has 14 heavy (non-hydrogen) atoms. The van der Waals surface area contributed by atoms with Crippen molar-refractivity contribution in [2.45, 2.75) is 32.2 Å². The van der Waals surface area contributed by atoms with E-state index in [1.807, 2.05) is 0 Å². The lowest BCUT2D eigenvalue weighted by atomic mass is 9.68. The van der Waals surface area contributed by atoms with Crippen LogP contribution in [-0.2, 0) is 4.74 Å². The fourth-order valence-corrected chi connectivity index (χ4v) is 3.29. The second-order valence-electron chi connectivity index (χ2n) is 4.59. The summed E-state index contributed by atoms with van der Waals surface area (Å²) in [7, 11) is 0. The van der Waals surface area contributed by atoms with E-state index < -0.39 is 0 Å². The molecule has 0 aromatic heterocycles. The van der Waals surface area contributed by atoms with Crippen molar-refractivity contribution in [2.24, 2.45) is 11.3 Å². The van der Waals surface area contributed by atoms with E-state index in [0.29, 0.717) is 17.4 Å². The van der Waals surface area contributed by atoms with Crippen LogP contribution in [0.3, 0.4) is 0 Å². The molecule has 0 amide bonds. The zero-order chi connectivity index (χ0) is 10.0. The molecule has 0 aliphatic carbocycles. The summed E-state index contributed by atoms with van der Waals surface area (Å²) >= 11 is 0. The van der Waals surface area contributed by atoms with E-state index in [-0.39, 0.29) is 6.61 Å². The number of aliphatic hydroxyl groups is 1. The fraction of sp³-hybridized carbons (Fsp3) is 1.00. The first kappa shape index (κ1) is 10.4. The van der Waals surface area contributed by atoms with Gasteiger partial charge < -0.3 is 15.2 Å². The van der Waals surface area contributed by atoms with E-state index >= 15 is 0 Å². The van der Waals surface area contributed by atoms with Crippen LogP contribution in [0.15, 0.2) is 0 Å². The maximum Gasteiger partial charge on any atom is 0.0590 e. The predicted molar refractivity (Wildman–Crippen MR) is 55.1 cm³/mol. The Balaban J connectivity index is 2.14. The molecule has 3 unspecified atom stereocenters. The molecule has 2 aliphatic rings. The first-order chi connectivity index (χ1) is 6.83. The van der Waals surface area contributed by atoms with E-state index in [1.54, 1.807) is 0 Å². The van der Waals surface area contributed by atoms with Crippen LogP contribution in [0.1, 0.15) is 26.2 Å². The molecular formula is C11H21NO2. The van der Waals surface area contributed by atoms with Crippen molar-refractivity contribution in [1.29, 1.82) is 0 Å². The highest BCUT2D eigenvalue weighted by atomic mass is 16.5. The van der Waals surface area contributed by atoms with Gasteiger partial charge in [-0.2, -0.15) is 0 Å². The van der Waals surface area contributed by atoms with E-state index in [0.717, 1.165) is 26.2 Å². The second kappa shape index (κ2) is 4.17. The molecule has 0 aromatic carbocycles. The Morgan fingerprint density at radius 1 is 1.57 bits per heavy atom. The van der Waals surface area contributed by atoms with Crippen molar-refractivity contribution in [1.82, 2.24) is 5.32 Å². The smallest absolute Gasteiger partial charge is 0.0590 e. The lowest BCUT2D eigenvalue weighted by Crippen LogP contribution is -2.44. The Kier molecular flexibility index (Phi) is 3.10. The number of ether oxygens (including phenoxy) is 1. The van der Waals surface area contributed by atoms with Gasteiger partial charge in [0.15, 0.2) is 0 Å². The van der Waals surface area contributed by atoms with Crippen LogP contribution >= 0.6 is 0 Å². The molecule has 3 atom stereocenters. The van der Waals surface area contributed by atoms with Gasteiger partial charge >= 0.3 is 0 Å². The molecule has 0 spiro atoms. The third-order valence-corrected chi connectivity index (χ3v) is 4.26. The first-order valence-electron chi connectivity index (χ1n) is 5.75. The number of rotatable bonds is 3. The number of nitrogens with one attached hydrogen (secondary N) is 1. The van der Waals surface area contributed by atoms with Crippen molar-refractivity contribution in [2.75, 3.05) is 26.4 Å². The standard InChI is InChI=1S/C11H21NO2/c1-2-11(9-3-6-14-8-9)4-5-12-10(11)7-13/h9-10,12-13H,2-8H2,1H3. The van der Waals surface area contributed by atoms with Gasteiger partial charge in [0.2, 0.25) is 0 Å². The molecule has 3 heteroatoms. The van der Waals surface area contributed by atoms with E-state index in [1.165, 1.54) is 12.8 Å². The molecule has 82 valence electrons. The molecule has 0 bridgehead atoms. The van der Waals surface area contributed by atoms with Crippen molar-refractivity contribution in [3.63, 3.8) is 0 Å². The minimum atomic E-state index is 0.268. The highest BCUT2D eigenvalue weighted by Crippen LogP contribution is 2.45. The maximum atomic E-state index is 9.39. The zero-order valence-electron chi connectivity index (χ0n) is 8.96. The van der Waals surface area contributed by atoms with Gasteiger partial charge in [-0.05, 0) is 37.1 Å². The molecule has 2 aliphatic heterocycles. The van der Waals surface area contributed by atoms with Crippen LogP contribution in [0.2, 0.25) is 0 Å². The molecule has 2 rings (SSSR count). The van der Waals surface area contributed by atoms with Gasteiger partial charge in [0.05, 0.1) is 13.2 Å². The Morgan fingerprint density at radius 2 is 2.43 bits per heavy atom.